The summed E-state index contributed by atoms with van der Waals surface area (Å²) in [6, 6.07) is 8.44. The molecule has 1 aliphatic carbocycles. The van der Waals surface area contributed by atoms with E-state index in [2.05, 4.69) is 10.1 Å². The zero-order valence-corrected chi connectivity index (χ0v) is 21.1. The molecular formula is C23H30N3O9P. The van der Waals surface area contributed by atoms with Crippen LogP contribution in [0.25, 0.3) is 0 Å². The Kier molecular flexibility index (Phi) is 7.53. The van der Waals surface area contributed by atoms with Gasteiger partial charge in [0.2, 0.25) is 0 Å². The van der Waals surface area contributed by atoms with Gasteiger partial charge in [0.1, 0.15) is 24.1 Å². The highest BCUT2D eigenvalue weighted by molar-refractivity contribution is 7.52. The van der Waals surface area contributed by atoms with Gasteiger partial charge in [0, 0.05) is 17.7 Å². The largest absolute Gasteiger partial charge is 0.462 e. The lowest BCUT2D eigenvalue weighted by Gasteiger charge is -2.25. The normalized spacial score (nSPS) is 24.9. The number of nitrogens with zero attached hydrogens (tertiary/aromatic N) is 1. The molecule has 3 N–H and O–H groups in total. The van der Waals surface area contributed by atoms with E-state index in [-0.39, 0.29) is 18.5 Å². The Morgan fingerprint density at radius 2 is 1.94 bits per heavy atom. The van der Waals surface area contributed by atoms with Crippen LogP contribution < -0.4 is 20.9 Å². The maximum absolute atomic E-state index is 13.7. The fourth-order valence-corrected chi connectivity index (χ4v) is 5.67. The maximum Gasteiger partial charge on any atom is 0.459 e. The van der Waals surface area contributed by atoms with Crippen LogP contribution in [0.4, 0.5) is 0 Å². The number of ether oxygens (including phenoxy) is 2. The van der Waals surface area contributed by atoms with E-state index in [4.69, 9.17) is 18.5 Å². The monoisotopic (exact) mass is 523 g/mol. The fraction of sp³-hybridized carbons (Fsp3) is 0.522. The molecule has 1 aliphatic heterocycles. The van der Waals surface area contributed by atoms with Gasteiger partial charge in [-0.15, -0.1) is 0 Å². The van der Waals surface area contributed by atoms with Crippen LogP contribution in [0.1, 0.15) is 39.8 Å². The third-order valence-electron chi connectivity index (χ3n) is 6.10. The molecule has 5 atom stereocenters. The predicted octanol–water partition coefficient (Wildman–Crippen LogP) is 1.71. The number of nitrogens with one attached hydrogen (secondary N) is 2. The molecule has 2 aromatic rings. The number of carbonyl (C=O) groups excluding carboxylic acids is 1. The van der Waals surface area contributed by atoms with Crippen molar-refractivity contribution in [3.8, 4) is 5.75 Å². The average molecular weight is 523 g/mol. The first kappa shape index (κ1) is 26.3. The highest BCUT2D eigenvalue weighted by atomic mass is 31.2. The lowest BCUT2D eigenvalue weighted by Crippen LogP contribution is -2.37. The molecule has 1 aromatic carbocycles. The molecule has 2 fully saturated rings. The van der Waals surface area contributed by atoms with Crippen LogP contribution in [-0.2, 0) is 23.4 Å². The number of hydrogen-bond acceptors (Lipinski definition) is 9. The number of rotatable bonds is 10. The molecule has 1 saturated carbocycles. The summed E-state index contributed by atoms with van der Waals surface area (Å²) in [5.41, 5.74) is -1.94. The molecule has 12 nitrogen and oxygen atoms in total. The Hall–Kier alpha value is -2.76. The van der Waals surface area contributed by atoms with Gasteiger partial charge in [-0.05, 0) is 45.7 Å². The van der Waals surface area contributed by atoms with Crippen molar-refractivity contribution >= 4 is 13.7 Å². The minimum atomic E-state index is -4.16. The van der Waals surface area contributed by atoms with Crippen molar-refractivity contribution in [2.75, 3.05) is 6.61 Å². The molecule has 1 aromatic heterocycles. The predicted molar refractivity (Wildman–Crippen MR) is 127 cm³/mol. The van der Waals surface area contributed by atoms with Crippen LogP contribution in [0.5, 0.6) is 5.75 Å². The summed E-state index contributed by atoms with van der Waals surface area (Å²) in [4.78, 5) is 38.3. The number of aromatic nitrogens is 2. The lowest BCUT2D eigenvalue weighted by atomic mass is 9.96. The van der Waals surface area contributed by atoms with Gasteiger partial charge in [-0.25, -0.2) is 9.36 Å². The number of para-hydroxylation sites is 1. The van der Waals surface area contributed by atoms with Crippen LogP contribution in [0.3, 0.4) is 0 Å². The molecule has 2 heterocycles. The molecule has 13 heteroatoms. The summed E-state index contributed by atoms with van der Waals surface area (Å²) in [5, 5.41) is 13.6. The Bertz CT molecular complexity index is 1240. The molecule has 0 radical (unpaired) electrons. The van der Waals surface area contributed by atoms with Crippen LogP contribution in [0.2, 0.25) is 0 Å². The SMILES string of the molecule is CC(C)OC(=O)[C@@H](C)NP(=O)(OC[C@H]1O[C@@H](n2ccc(=O)[nH]c2=O)C2(CC2)[C@@H]1O)Oc1ccccc1. The minimum absolute atomic E-state index is 0.238. The topological polar surface area (TPSA) is 158 Å². The second-order valence-corrected chi connectivity index (χ2v) is 11.0. The van der Waals surface area contributed by atoms with E-state index in [1.165, 1.54) is 23.8 Å². The standard InChI is InChI=1S/C23H30N3O9P/c1-14(2)33-20(29)15(3)25-36(31,35-16-7-5-4-6-8-16)32-13-17-19(28)23(10-11-23)21(34-17)26-12-9-18(27)24-22(26)30/h4-9,12,14-15,17,19,21,28H,10-11,13H2,1-3H3,(H,25,31)(H,24,27,30)/t15-,17-,19-,21-,36?/m1/s1. The molecular weight excluding hydrogens is 493 g/mol. The van der Waals surface area contributed by atoms with Gasteiger partial charge in [-0.2, -0.15) is 5.09 Å². The smallest absolute Gasteiger partial charge is 0.459 e. The molecule has 4 rings (SSSR count). The second kappa shape index (κ2) is 10.3. The third kappa shape index (κ3) is 5.63. The third-order valence-corrected chi connectivity index (χ3v) is 7.75. The first-order valence-electron chi connectivity index (χ1n) is 11.7. The van der Waals surface area contributed by atoms with Crippen LogP contribution in [-0.4, -0.2) is 51.6 Å². The van der Waals surface area contributed by atoms with Crippen molar-refractivity contribution < 1.29 is 33.0 Å². The van der Waals surface area contributed by atoms with E-state index in [1.807, 2.05) is 0 Å². The number of benzene rings is 1. The Balaban J connectivity index is 1.51. The molecule has 1 saturated heterocycles. The van der Waals surface area contributed by atoms with Crippen molar-refractivity contribution in [3.05, 3.63) is 63.4 Å². The summed E-state index contributed by atoms with van der Waals surface area (Å²) in [6.45, 7) is 4.49. The van der Waals surface area contributed by atoms with Gasteiger partial charge in [0.05, 0.1) is 18.8 Å². The Morgan fingerprint density at radius 1 is 1.25 bits per heavy atom. The van der Waals surface area contributed by atoms with Gasteiger partial charge in [-0.1, -0.05) is 18.2 Å². The fourth-order valence-electron chi connectivity index (χ4n) is 4.17. The maximum atomic E-state index is 13.7. The quantitative estimate of drug-likeness (QED) is 0.309. The molecule has 1 spiro atoms. The first-order chi connectivity index (χ1) is 17.0. The van der Waals surface area contributed by atoms with E-state index in [9.17, 15) is 24.1 Å². The van der Waals surface area contributed by atoms with E-state index in [0.29, 0.717) is 12.8 Å². The van der Waals surface area contributed by atoms with Crippen molar-refractivity contribution in [1.82, 2.24) is 14.6 Å². The number of aromatic amines is 1. The molecule has 0 amide bonds. The van der Waals surface area contributed by atoms with Crippen LogP contribution in [0.15, 0.2) is 52.2 Å². The number of esters is 1. The van der Waals surface area contributed by atoms with Crippen molar-refractivity contribution in [2.45, 2.75) is 64.2 Å². The average Bonchev–Trinajstić information content (AvgIpc) is 3.56. The summed E-state index contributed by atoms with van der Waals surface area (Å²) in [6.07, 6.45) is -0.701. The Morgan fingerprint density at radius 3 is 2.56 bits per heavy atom. The number of aliphatic hydroxyl groups is 1. The van der Waals surface area contributed by atoms with Gasteiger partial charge in [0.15, 0.2) is 0 Å². The zero-order valence-electron chi connectivity index (χ0n) is 20.2. The summed E-state index contributed by atoms with van der Waals surface area (Å²) in [5.74, 6) is -0.404. The minimum Gasteiger partial charge on any atom is -0.462 e. The van der Waals surface area contributed by atoms with E-state index < -0.39 is 54.9 Å². The van der Waals surface area contributed by atoms with Crippen molar-refractivity contribution in [2.24, 2.45) is 5.41 Å². The van der Waals surface area contributed by atoms with E-state index in [1.54, 1.807) is 44.2 Å². The molecule has 1 unspecified atom stereocenters. The summed E-state index contributed by atoms with van der Waals surface area (Å²) < 4.78 is 37.3. The zero-order chi connectivity index (χ0) is 26.1. The number of H-pyrrole nitrogens is 1. The van der Waals surface area contributed by atoms with Crippen LogP contribution in [0, 0.1) is 5.41 Å². The van der Waals surface area contributed by atoms with E-state index in [0.717, 1.165) is 0 Å². The van der Waals surface area contributed by atoms with Crippen molar-refractivity contribution in [3.63, 3.8) is 0 Å². The van der Waals surface area contributed by atoms with Gasteiger partial charge < -0.3 is 19.1 Å². The van der Waals surface area contributed by atoms with Crippen molar-refractivity contribution in [1.29, 1.82) is 0 Å². The summed E-state index contributed by atoms with van der Waals surface area (Å²) >= 11 is 0. The van der Waals surface area contributed by atoms with Gasteiger partial charge >= 0.3 is 19.4 Å². The van der Waals surface area contributed by atoms with Gasteiger partial charge in [-0.3, -0.25) is 23.7 Å². The van der Waals surface area contributed by atoms with E-state index >= 15 is 0 Å². The second-order valence-electron chi connectivity index (χ2n) is 9.26. The number of aliphatic hydroxyl groups excluding tert-OH is 1. The highest BCUT2D eigenvalue weighted by Gasteiger charge is 2.64. The number of carbonyl (C=O) groups is 1. The molecule has 196 valence electrons. The molecule has 36 heavy (non-hydrogen) atoms. The first-order valence-corrected chi connectivity index (χ1v) is 13.2. The van der Waals surface area contributed by atoms with Gasteiger partial charge in [0.25, 0.3) is 5.56 Å². The molecule has 2 aliphatic rings. The molecule has 0 bridgehead atoms. The van der Waals surface area contributed by atoms with Crippen LogP contribution >= 0.6 is 7.75 Å². The Labute approximate surface area is 207 Å². The summed E-state index contributed by atoms with van der Waals surface area (Å²) in [7, 11) is -4.16. The number of hydrogen-bond donors (Lipinski definition) is 3. The lowest BCUT2D eigenvalue weighted by molar-refractivity contribution is -0.149. The highest BCUT2D eigenvalue weighted by Crippen LogP contribution is 2.62.